The molecule has 3 N–H and O–H groups in total. The van der Waals surface area contributed by atoms with E-state index in [1.807, 2.05) is 13.0 Å². The van der Waals surface area contributed by atoms with Crippen LogP contribution in [0.2, 0.25) is 0 Å². The average Bonchev–Trinajstić information content (AvgIpc) is 3.08. The average molecular weight is 470 g/mol. The molecule has 31 heavy (non-hydrogen) atoms. The van der Waals surface area contributed by atoms with Gasteiger partial charge in [-0.2, -0.15) is 13.2 Å². The van der Waals surface area contributed by atoms with Crippen molar-refractivity contribution in [2.75, 3.05) is 5.32 Å². The van der Waals surface area contributed by atoms with Crippen LogP contribution in [-0.2, 0) is 20.9 Å². The minimum Gasteiger partial charge on any atom is -0.324 e. The van der Waals surface area contributed by atoms with E-state index in [4.69, 9.17) is 5.14 Å². The summed E-state index contributed by atoms with van der Waals surface area (Å²) in [6.45, 7) is 1.83. The van der Waals surface area contributed by atoms with Crippen molar-refractivity contribution >= 4 is 33.0 Å². The number of nitrogens with zero attached hydrogens (tertiary/aromatic N) is 3. The van der Waals surface area contributed by atoms with Crippen LogP contribution < -0.4 is 10.5 Å². The smallest absolute Gasteiger partial charge is 0.324 e. The highest BCUT2D eigenvalue weighted by Crippen LogP contribution is 2.49. The molecule has 0 spiro atoms. The molecule has 1 fully saturated rings. The molecule has 1 aliphatic rings. The molecule has 2 aromatic heterocycles. The predicted molar refractivity (Wildman–Crippen MR) is 111 cm³/mol. The standard InChI is InChI=1S/C19H18F3N5O2S2/c1-11-7-12(14-10-25-16(30-14)18(4-2-5-18)31(23,28)29)9-13(8-11)26-17-24-6-3-15(27-17)19(20,21)22/h3,6-10H,2,4-5H2,1H3,(H2,23,28,29)(H,24,26,27). The lowest BCUT2D eigenvalue weighted by molar-refractivity contribution is -0.141. The van der Waals surface area contributed by atoms with Crippen LogP contribution in [0.3, 0.4) is 0 Å². The van der Waals surface area contributed by atoms with Crippen LogP contribution in [0.1, 0.15) is 35.5 Å². The largest absolute Gasteiger partial charge is 0.433 e. The van der Waals surface area contributed by atoms with E-state index in [-0.39, 0.29) is 5.95 Å². The van der Waals surface area contributed by atoms with Crippen molar-refractivity contribution < 1.29 is 21.6 Å². The molecule has 0 unspecified atom stereocenters. The third-order valence-corrected chi connectivity index (χ3v) is 8.24. The second-order valence-corrected chi connectivity index (χ2v) is 10.3. The van der Waals surface area contributed by atoms with Gasteiger partial charge in [0.05, 0.1) is 4.88 Å². The van der Waals surface area contributed by atoms with E-state index < -0.39 is 26.6 Å². The second kappa shape index (κ2) is 7.53. The molecule has 3 aromatic rings. The molecule has 1 aromatic carbocycles. The molecule has 0 atom stereocenters. The highest BCUT2D eigenvalue weighted by molar-refractivity contribution is 7.90. The number of alkyl halides is 3. The summed E-state index contributed by atoms with van der Waals surface area (Å²) in [5.41, 5.74) is 1.03. The summed E-state index contributed by atoms with van der Waals surface area (Å²) in [6, 6.07) is 6.14. The number of halogens is 3. The van der Waals surface area contributed by atoms with Gasteiger partial charge in [-0.1, -0.05) is 6.07 Å². The van der Waals surface area contributed by atoms with E-state index in [0.717, 1.165) is 34.7 Å². The third-order valence-electron chi connectivity index (χ3n) is 5.17. The molecule has 164 valence electrons. The zero-order chi connectivity index (χ0) is 22.4. The van der Waals surface area contributed by atoms with Crippen LogP contribution in [0.15, 0.2) is 36.7 Å². The lowest BCUT2D eigenvalue weighted by atomic mass is 9.85. The van der Waals surface area contributed by atoms with Gasteiger partial charge in [0.1, 0.15) is 15.4 Å². The molecule has 1 aliphatic carbocycles. The molecule has 12 heteroatoms. The van der Waals surface area contributed by atoms with Crippen molar-refractivity contribution in [3.63, 3.8) is 0 Å². The second-order valence-electron chi connectivity index (χ2n) is 7.40. The number of nitrogens with one attached hydrogen (secondary N) is 1. The van der Waals surface area contributed by atoms with Gasteiger partial charge in [-0.05, 0) is 55.5 Å². The summed E-state index contributed by atoms with van der Waals surface area (Å²) >= 11 is 1.25. The van der Waals surface area contributed by atoms with Gasteiger partial charge in [-0.3, -0.25) is 0 Å². The van der Waals surface area contributed by atoms with E-state index in [2.05, 4.69) is 20.3 Å². The Morgan fingerprint density at radius 3 is 2.55 bits per heavy atom. The van der Waals surface area contributed by atoms with Crippen LogP contribution in [0.25, 0.3) is 10.4 Å². The molecule has 0 saturated heterocycles. The summed E-state index contributed by atoms with van der Waals surface area (Å²) in [5, 5.41) is 8.72. The van der Waals surface area contributed by atoms with E-state index >= 15 is 0 Å². The summed E-state index contributed by atoms with van der Waals surface area (Å²) in [7, 11) is -3.80. The molecule has 7 nitrogen and oxygen atoms in total. The SMILES string of the molecule is Cc1cc(Nc2nccc(C(F)(F)F)n2)cc(-c2cnc(C3(S(N)(=O)=O)CCC3)s2)c1. The Morgan fingerprint density at radius 2 is 1.94 bits per heavy atom. The summed E-state index contributed by atoms with van der Waals surface area (Å²) in [6.07, 6.45) is -0.309. The van der Waals surface area contributed by atoms with Crippen LogP contribution in [-0.4, -0.2) is 23.4 Å². The third kappa shape index (κ3) is 4.14. The number of thiazole rings is 1. The molecular weight excluding hydrogens is 451 g/mol. The van der Waals surface area contributed by atoms with Gasteiger partial charge in [-0.25, -0.2) is 28.5 Å². The topological polar surface area (TPSA) is 111 Å². The van der Waals surface area contributed by atoms with E-state index in [0.29, 0.717) is 23.5 Å². The predicted octanol–water partition coefficient (Wildman–Crippen LogP) is 4.34. The number of primary sulfonamides is 1. The number of nitrogens with two attached hydrogens (primary N) is 1. The van der Waals surface area contributed by atoms with Gasteiger partial charge in [0, 0.05) is 18.1 Å². The lowest BCUT2D eigenvalue weighted by Crippen LogP contribution is -2.46. The van der Waals surface area contributed by atoms with Crippen LogP contribution in [0, 0.1) is 6.92 Å². The van der Waals surface area contributed by atoms with Gasteiger partial charge >= 0.3 is 6.18 Å². The number of hydrogen-bond acceptors (Lipinski definition) is 7. The number of benzene rings is 1. The van der Waals surface area contributed by atoms with Crippen molar-refractivity contribution in [1.29, 1.82) is 0 Å². The number of rotatable bonds is 5. The number of sulfonamides is 1. The fraction of sp³-hybridized carbons (Fsp3) is 0.316. The summed E-state index contributed by atoms with van der Waals surface area (Å²) < 4.78 is 61.8. The molecule has 0 radical (unpaired) electrons. The Hall–Kier alpha value is -2.57. The van der Waals surface area contributed by atoms with Crippen LogP contribution in [0.4, 0.5) is 24.8 Å². The Kier molecular flexibility index (Phi) is 5.26. The van der Waals surface area contributed by atoms with Gasteiger partial charge < -0.3 is 5.32 Å². The highest BCUT2D eigenvalue weighted by atomic mass is 32.2. The Morgan fingerprint density at radius 1 is 1.19 bits per heavy atom. The summed E-state index contributed by atoms with van der Waals surface area (Å²) in [4.78, 5) is 12.4. The first-order valence-electron chi connectivity index (χ1n) is 9.26. The lowest BCUT2D eigenvalue weighted by Gasteiger charge is -2.37. The van der Waals surface area contributed by atoms with Gasteiger partial charge in [0.15, 0.2) is 0 Å². The first kappa shape index (κ1) is 21.7. The normalized spacial score (nSPS) is 16.0. The molecule has 0 bridgehead atoms. The Balaban J connectivity index is 1.65. The summed E-state index contributed by atoms with van der Waals surface area (Å²) in [5.74, 6) is -0.181. The molecule has 1 saturated carbocycles. The van der Waals surface area contributed by atoms with Crippen molar-refractivity contribution in [2.24, 2.45) is 5.14 Å². The molecule has 4 rings (SSSR count). The fourth-order valence-corrected chi connectivity index (χ4v) is 6.11. The molecule has 0 aliphatic heterocycles. The minimum atomic E-state index is -4.57. The van der Waals surface area contributed by atoms with E-state index in [1.165, 1.54) is 11.3 Å². The monoisotopic (exact) mass is 469 g/mol. The Labute approximate surface area is 180 Å². The van der Waals surface area contributed by atoms with Crippen LogP contribution in [0.5, 0.6) is 0 Å². The Bertz CT molecular complexity index is 1240. The zero-order valence-corrected chi connectivity index (χ0v) is 17.9. The molecule has 0 amide bonds. The number of hydrogen-bond donors (Lipinski definition) is 2. The molecular formula is C19H18F3N5O2S2. The van der Waals surface area contributed by atoms with Crippen molar-refractivity contribution in [3.05, 3.63) is 52.9 Å². The van der Waals surface area contributed by atoms with Gasteiger partial charge in [0.2, 0.25) is 16.0 Å². The van der Waals surface area contributed by atoms with Gasteiger partial charge in [-0.15, -0.1) is 11.3 Å². The van der Waals surface area contributed by atoms with Crippen molar-refractivity contribution in [1.82, 2.24) is 15.0 Å². The number of aryl methyl sites for hydroxylation is 1. The number of aromatic nitrogens is 3. The molecule has 2 heterocycles. The van der Waals surface area contributed by atoms with Gasteiger partial charge in [0.25, 0.3) is 0 Å². The maximum absolute atomic E-state index is 12.9. The first-order chi connectivity index (χ1) is 14.5. The maximum Gasteiger partial charge on any atom is 0.433 e. The van der Waals surface area contributed by atoms with Crippen molar-refractivity contribution in [2.45, 2.75) is 37.1 Å². The first-order valence-corrected chi connectivity index (χ1v) is 11.6. The zero-order valence-electron chi connectivity index (χ0n) is 16.3. The minimum absolute atomic E-state index is 0.181. The maximum atomic E-state index is 12.9. The van der Waals surface area contributed by atoms with E-state index in [1.54, 1.807) is 18.3 Å². The fourth-order valence-electron chi connectivity index (χ4n) is 3.44. The quantitative estimate of drug-likeness (QED) is 0.575. The highest BCUT2D eigenvalue weighted by Gasteiger charge is 2.51. The van der Waals surface area contributed by atoms with Crippen LogP contribution >= 0.6 is 11.3 Å². The number of anilines is 2. The van der Waals surface area contributed by atoms with Crippen molar-refractivity contribution in [3.8, 4) is 10.4 Å². The van der Waals surface area contributed by atoms with E-state index in [9.17, 15) is 21.6 Å².